The Morgan fingerprint density at radius 2 is 1.79 bits per heavy atom. The Kier molecular flexibility index (Phi) is 7.02. The fourth-order valence-corrected chi connectivity index (χ4v) is 4.44. The van der Waals surface area contributed by atoms with Crippen molar-refractivity contribution in [2.75, 3.05) is 18.4 Å². The summed E-state index contributed by atoms with van der Waals surface area (Å²) in [6.07, 6.45) is -0.613. The van der Waals surface area contributed by atoms with Gasteiger partial charge in [-0.3, -0.25) is 4.79 Å². The van der Waals surface area contributed by atoms with Gasteiger partial charge in [-0.15, -0.1) is 0 Å². The molecule has 0 radical (unpaired) electrons. The largest absolute Gasteiger partial charge is 0.486 e. The number of benzene rings is 2. The van der Waals surface area contributed by atoms with E-state index in [0.717, 1.165) is 23.5 Å². The van der Waals surface area contributed by atoms with E-state index in [-0.39, 0.29) is 17.8 Å². The van der Waals surface area contributed by atoms with Crippen molar-refractivity contribution in [3.05, 3.63) is 72.3 Å². The number of halogens is 4. The summed E-state index contributed by atoms with van der Waals surface area (Å²) in [6, 6.07) is 9.16. The van der Waals surface area contributed by atoms with Crippen LogP contribution < -0.4 is 10.1 Å². The standard InChI is InChI=1S/C27H24F4N6O2/c1-15(19-11-32-26(33-12-19)27(29,30)31)36-25-22-9-18(17-3-5-20(28)6-4-17)10-23(24(22)34-14-35-25)39-21-7-8-37(13-21)16(2)38/h3-6,9-12,14-15,21H,7-8,13H2,1-2H3,(H,34,35,36)/t15-,21+/m1/s1. The smallest absolute Gasteiger partial charge is 0.451 e. The number of anilines is 1. The molecule has 1 fully saturated rings. The number of nitrogens with zero attached hydrogens (tertiary/aromatic N) is 5. The lowest BCUT2D eigenvalue weighted by Gasteiger charge is -2.20. The fourth-order valence-electron chi connectivity index (χ4n) is 4.44. The van der Waals surface area contributed by atoms with Gasteiger partial charge in [0.25, 0.3) is 0 Å². The van der Waals surface area contributed by atoms with Crippen molar-refractivity contribution in [3.8, 4) is 16.9 Å². The number of ether oxygens (including phenoxy) is 1. The number of carbonyl (C=O) groups is 1. The molecule has 1 amide bonds. The third-order valence-corrected chi connectivity index (χ3v) is 6.54. The predicted molar refractivity (Wildman–Crippen MR) is 135 cm³/mol. The Balaban J connectivity index is 1.52. The topological polar surface area (TPSA) is 93.1 Å². The van der Waals surface area contributed by atoms with Gasteiger partial charge >= 0.3 is 6.18 Å². The minimum absolute atomic E-state index is 0.0268. The number of nitrogens with one attached hydrogen (secondary N) is 1. The second-order valence-corrected chi connectivity index (χ2v) is 9.30. The number of amides is 1. The number of fused-ring (bicyclic) bond motifs is 1. The van der Waals surface area contributed by atoms with Crippen LogP contribution in [0.25, 0.3) is 22.0 Å². The number of likely N-dealkylation sites (tertiary alicyclic amines) is 1. The first kappa shape index (κ1) is 26.3. The highest BCUT2D eigenvalue weighted by Crippen LogP contribution is 2.36. The summed E-state index contributed by atoms with van der Waals surface area (Å²) in [5, 5.41) is 3.80. The Hall–Kier alpha value is -4.35. The first-order chi connectivity index (χ1) is 18.6. The van der Waals surface area contributed by atoms with Crippen LogP contribution in [0.15, 0.2) is 55.1 Å². The van der Waals surface area contributed by atoms with E-state index in [1.54, 1.807) is 24.0 Å². The molecular weight excluding hydrogens is 516 g/mol. The zero-order chi connectivity index (χ0) is 27.7. The van der Waals surface area contributed by atoms with E-state index < -0.39 is 18.0 Å². The Labute approximate surface area is 221 Å². The first-order valence-electron chi connectivity index (χ1n) is 12.2. The highest BCUT2D eigenvalue weighted by atomic mass is 19.4. The van der Waals surface area contributed by atoms with Crippen molar-refractivity contribution in [1.82, 2.24) is 24.8 Å². The Morgan fingerprint density at radius 3 is 2.44 bits per heavy atom. The summed E-state index contributed by atoms with van der Waals surface area (Å²) in [5.41, 5.74) is 2.40. The lowest BCUT2D eigenvalue weighted by Crippen LogP contribution is -2.28. The fraction of sp³-hybridized carbons (Fsp3) is 0.296. The number of alkyl halides is 3. The van der Waals surface area contributed by atoms with Crippen molar-refractivity contribution in [3.63, 3.8) is 0 Å². The zero-order valence-electron chi connectivity index (χ0n) is 21.0. The van der Waals surface area contributed by atoms with E-state index >= 15 is 0 Å². The van der Waals surface area contributed by atoms with Crippen molar-refractivity contribution >= 4 is 22.6 Å². The van der Waals surface area contributed by atoms with E-state index in [1.165, 1.54) is 25.4 Å². The molecule has 2 aromatic heterocycles. The molecule has 1 N–H and O–H groups in total. The predicted octanol–water partition coefficient (Wildman–Crippen LogP) is 5.42. The SMILES string of the molecule is CC(=O)N1CC[C@H](Oc2cc(-c3ccc(F)cc3)cc3c(N[C@H](C)c4cnc(C(F)(F)F)nc4)ncnc23)C1. The molecule has 2 aromatic carbocycles. The Bertz CT molecular complexity index is 1500. The van der Waals surface area contributed by atoms with Crippen LogP contribution in [0.1, 0.15) is 37.7 Å². The molecule has 4 aromatic rings. The van der Waals surface area contributed by atoms with Crippen molar-refractivity contribution in [2.24, 2.45) is 0 Å². The zero-order valence-corrected chi connectivity index (χ0v) is 21.0. The molecule has 0 unspecified atom stereocenters. The van der Waals surface area contributed by atoms with Gasteiger partial charge in [-0.1, -0.05) is 12.1 Å². The average molecular weight is 541 g/mol. The van der Waals surface area contributed by atoms with Crippen molar-refractivity contribution < 1.29 is 27.1 Å². The van der Waals surface area contributed by atoms with E-state index in [4.69, 9.17) is 4.74 Å². The van der Waals surface area contributed by atoms with Crippen LogP contribution >= 0.6 is 0 Å². The third kappa shape index (κ3) is 5.74. The van der Waals surface area contributed by atoms with Gasteiger partial charge in [-0.25, -0.2) is 24.3 Å². The lowest BCUT2D eigenvalue weighted by molar-refractivity contribution is -0.145. The summed E-state index contributed by atoms with van der Waals surface area (Å²) < 4.78 is 58.6. The number of carbonyl (C=O) groups excluding carboxylic acids is 1. The second kappa shape index (κ2) is 10.4. The minimum Gasteiger partial charge on any atom is -0.486 e. The van der Waals surface area contributed by atoms with Gasteiger partial charge in [0.15, 0.2) is 0 Å². The summed E-state index contributed by atoms with van der Waals surface area (Å²) in [4.78, 5) is 29.2. The molecule has 0 spiro atoms. The van der Waals surface area contributed by atoms with E-state index in [1.807, 2.05) is 12.1 Å². The minimum atomic E-state index is -4.63. The number of hydrogen-bond donors (Lipinski definition) is 1. The van der Waals surface area contributed by atoms with Crippen LogP contribution in [-0.2, 0) is 11.0 Å². The molecular formula is C27H24F4N6O2. The molecule has 202 valence electrons. The molecule has 5 rings (SSSR count). The van der Waals surface area contributed by atoms with Gasteiger partial charge in [0.2, 0.25) is 11.7 Å². The summed E-state index contributed by atoms with van der Waals surface area (Å²) in [6.45, 7) is 4.29. The van der Waals surface area contributed by atoms with Gasteiger partial charge in [-0.05, 0) is 42.3 Å². The molecule has 1 saturated heterocycles. The molecule has 0 aliphatic carbocycles. The van der Waals surface area contributed by atoms with Crippen LogP contribution in [0.5, 0.6) is 5.75 Å². The van der Waals surface area contributed by atoms with Crippen molar-refractivity contribution in [1.29, 1.82) is 0 Å². The molecule has 0 saturated carbocycles. The molecule has 3 heterocycles. The maximum absolute atomic E-state index is 13.6. The van der Waals surface area contributed by atoms with Crippen LogP contribution in [0.4, 0.5) is 23.4 Å². The second-order valence-electron chi connectivity index (χ2n) is 9.30. The summed E-state index contributed by atoms with van der Waals surface area (Å²) >= 11 is 0. The molecule has 1 aliphatic rings. The molecule has 0 bridgehead atoms. The quantitative estimate of drug-likeness (QED) is 0.327. The third-order valence-electron chi connectivity index (χ3n) is 6.54. The monoisotopic (exact) mass is 540 g/mol. The molecule has 1 aliphatic heterocycles. The summed E-state index contributed by atoms with van der Waals surface area (Å²) in [5.74, 6) is -0.728. The normalized spacial score (nSPS) is 16.4. The van der Waals surface area contributed by atoms with Crippen molar-refractivity contribution in [2.45, 2.75) is 38.6 Å². The summed E-state index contributed by atoms with van der Waals surface area (Å²) in [7, 11) is 0. The Morgan fingerprint density at radius 1 is 1.08 bits per heavy atom. The average Bonchev–Trinajstić information content (AvgIpc) is 3.38. The lowest BCUT2D eigenvalue weighted by atomic mass is 10.0. The highest BCUT2D eigenvalue weighted by Gasteiger charge is 2.34. The van der Waals surface area contributed by atoms with Gasteiger partial charge < -0.3 is 15.0 Å². The number of aromatic nitrogens is 4. The molecule has 12 heteroatoms. The van der Waals surface area contributed by atoms with Gasteiger partial charge in [0, 0.05) is 43.2 Å². The number of hydrogen-bond acceptors (Lipinski definition) is 7. The molecule has 8 nitrogen and oxygen atoms in total. The van der Waals surface area contributed by atoms with Crippen LogP contribution in [0, 0.1) is 5.82 Å². The van der Waals surface area contributed by atoms with E-state index in [0.29, 0.717) is 47.5 Å². The first-order valence-corrected chi connectivity index (χ1v) is 12.2. The van der Waals surface area contributed by atoms with Crippen LogP contribution in [-0.4, -0.2) is 49.9 Å². The van der Waals surface area contributed by atoms with Gasteiger partial charge in [0.1, 0.15) is 35.3 Å². The maximum Gasteiger partial charge on any atom is 0.451 e. The van der Waals surface area contributed by atoms with Crippen LogP contribution in [0.2, 0.25) is 0 Å². The van der Waals surface area contributed by atoms with Gasteiger partial charge in [0.05, 0.1) is 12.6 Å². The molecule has 2 atom stereocenters. The molecule has 39 heavy (non-hydrogen) atoms. The maximum atomic E-state index is 13.6. The van der Waals surface area contributed by atoms with Gasteiger partial charge in [-0.2, -0.15) is 13.2 Å². The van der Waals surface area contributed by atoms with E-state index in [9.17, 15) is 22.4 Å². The number of rotatable bonds is 6. The van der Waals surface area contributed by atoms with Crippen LogP contribution in [0.3, 0.4) is 0 Å². The highest BCUT2D eigenvalue weighted by molar-refractivity contribution is 5.96. The van der Waals surface area contributed by atoms with E-state index in [2.05, 4.69) is 25.3 Å².